The maximum absolute atomic E-state index is 5.28. The predicted octanol–water partition coefficient (Wildman–Crippen LogP) is 2.44. The van der Waals surface area contributed by atoms with Crippen molar-refractivity contribution < 1.29 is 4.74 Å². The van der Waals surface area contributed by atoms with E-state index >= 15 is 0 Å². The summed E-state index contributed by atoms with van der Waals surface area (Å²) < 4.78 is 5.28. The van der Waals surface area contributed by atoms with Gasteiger partial charge in [0, 0.05) is 13.2 Å². The molecule has 1 aliphatic carbocycles. The molecule has 0 saturated heterocycles. The van der Waals surface area contributed by atoms with Gasteiger partial charge in [0.25, 0.3) is 0 Å². The fourth-order valence-corrected chi connectivity index (χ4v) is 2.65. The molecule has 1 rings (SSSR count). The van der Waals surface area contributed by atoms with Crippen LogP contribution in [0.3, 0.4) is 0 Å². The topological polar surface area (TPSA) is 21.3 Å². The highest BCUT2D eigenvalue weighted by Crippen LogP contribution is 2.34. The summed E-state index contributed by atoms with van der Waals surface area (Å²) in [6.45, 7) is 6.41. The summed E-state index contributed by atoms with van der Waals surface area (Å²) in [6.07, 6.45) is 5.56. The lowest BCUT2D eigenvalue weighted by Crippen LogP contribution is -2.38. The van der Waals surface area contributed by atoms with Gasteiger partial charge in [-0.1, -0.05) is 26.7 Å². The van der Waals surface area contributed by atoms with E-state index in [0.717, 1.165) is 25.0 Å². The summed E-state index contributed by atoms with van der Waals surface area (Å²) in [5, 5.41) is 3.55. The minimum Gasteiger partial charge on any atom is -0.383 e. The number of ether oxygens (including phenoxy) is 1. The highest BCUT2D eigenvalue weighted by molar-refractivity contribution is 4.83. The number of rotatable bonds is 6. The van der Waals surface area contributed by atoms with Gasteiger partial charge in [-0.05, 0) is 31.2 Å². The smallest absolute Gasteiger partial charge is 0.0618 e. The van der Waals surface area contributed by atoms with Crippen molar-refractivity contribution in [1.82, 2.24) is 5.32 Å². The molecule has 0 aromatic heterocycles. The lowest BCUT2D eigenvalue weighted by molar-refractivity contribution is 0.140. The Balaban J connectivity index is 2.36. The maximum Gasteiger partial charge on any atom is 0.0618 e. The Morgan fingerprint density at radius 3 is 2.64 bits per heavy atom. The average Bonchev–Trinajstić information content (AvgIpc) is 2.65. The minimum absolute atomic E-state index is 0.585. The van der Waals surface area contributed by atoms with Crippen molar-refractivity contribution >= 4 is 0 Å². The van der Waals surface area contributed by atoms with Crippen LogP contribution < -0.4 is 5.32 Å². The van der Waals surface area contributed by atoms with Crippen molar-refractivity contribution in [2.24, 2.45) is 11.8 Å². The molecule has 3 atom stereocenters. The van der Waals surface area contributed by atoms with Gasteiger partial charge in [0.15, 0.2) is 0 Å². The first-order chi connectivity index (χ1) is 6.81. The first-order valence-corrected chi connectivity index (χ1v) is 6.04. The molecule has 14 heavy (non-hydrogen) atoms. The maximum atomic E-state index is 5.28. The van der Waals surface area contributed by atoms with Crippen molar-refractivity contribution in [3.63, 3.8) is 0 Å². The quantitative estimate of drug-likeness (QED) is 0.709. The molecule has 2 nitrogen and oxygen atoms in total. The van der Waals surface area contributed by atoms with E-state index in [-0.39, 0.29) is 0 Å². The molecule has 0 radical (unpaired) electrons. The van der Waals surface area contributed by atoms with Gasteiger partial charge in [-0.2, -0.15) is 0 Å². The number of likely N-dealkylation sites (N-methyl/N-ethyl adjacent to an activating group) is 1. The van der Waals surface area contributed by atoms with Crippen molar-refractivity contribution in [3.8, 4) is 0 Å². The Labute approximate surface area is 88.4 Å². The first kappa shape index (κ1) is 12.0. The van der Waals surface area contributed by atoms with E-state index in [1.165, 1.54) is 25.7 Å². The van der Waals surface area contributed by atoms with Crippen LogP contribution in [-0.4, -0.2) is 26.3 Å². The Morgan fingerprint density at radius 1 is 1.36 bits per heavy atom. The highest BCUT2D eigenvalue weighted by atomic mass is 16.5. The third-order valence-corrected chi connectivity index (χ3v) is 3.54. The van der Waals surface area contributed by atoms with Crippen LogP contribution >= 0.6 is 0 Å². The fourth-order valence-electron chi connectivity index (χ4n) is 2.65. The van der Waals surface area contributed by atoms with Gasteiger partial charge in [-0.15, -0.1) is 0 Å². The van der Waals surface area contributed by atoms with Crippen molar-refractivity contribution in [2.75, 3.05) is 20.3 Å². The van der Waals surface area contributed by atoms with Gasteiger partial charge in [0.2, 0.25) is 0 Å². The number of hydrogen-bond donors (Lipinski definition) is 1. The molecule has 84 valence electrons. The molecule has 0 amide bonds. The molecule has 0 heterocycles. The van der Waals surface area contributed by atoms with Gasteiger partial charge in [-0.3, -0.25) is 0 Å². The second kappa shape index (κ2) is 6.41. The fraction of sp³-hybridized carbons (Fsp3) is 1.00. The summed E-state index contributed by atoms with van der Waals surface area (Å²) >= 11 is 0. The van der Waals surface area contributed by atoms with E-state index in [0.29, 0.717) is 6.04 Å². The summed E-state index contributed by atoms with van der Waals surface area (Å²) in [7, 11) is 1.80. The first-order valence-electron chi connectivity index (χ1n) is 6.04. The minimum atomic E-state index is 0.585. The monoisotopic (exact) mass is 199 g/mol. The Morgan fingerprint density at radius 2 is 2.14 bits per heavy atom. The Bertz CT molecular complexity index is 143. The zero-order chi connectivity index (χ0) is 10.4. The predicted molar refractivity (Wildman–Crippen MR) is 60.5 cm³/mol. The molecule has 0 aromatic carbocycles. The van der Waals surface area contributed by atoms with E-state index in [1.54, 1.807) is 7.11 Å². The van der Waals surface area contributed by atoms with Gasteiger partial charge in [0.1, 0.15) is 0 Å². The Hall–Kier alpha value is -0.0800. The summed E-state index contributed by atoms with van der Waals surface area (Å²) in [4.78, 5) is 0. The third kappa shape index (κ3) is 3.25. The van der Waals surface area contributed by atoms with Crippen LogP contribution in [-0.2, 0) is 4.74 Å². The number of hydrogen-bond acceptors (Lipinski definition) is 2. The number of methoxy groups -OCH3 is 1. The molecule has 3 unspecified atom stereocenters. The molecular formula is C12H25NO. The zero-order valence-electron chi connectivity index (χ0n) is 9.88. The van der Waals surface area contributed by atoms with Crippen LogP contribution in [0.2, 0.25) is 0 Å². The van der Waals surface area contributed by atoms with E-state index in [2.05, 4.69) is 19.2 Å². The lowest BCUT2D eigenvalue weighted by atomic mass is 9.96. The third-order valence-electron chi connectivity index (χ3n) is 3.54. The molecule has 0 aliphatic heterocycles. The number of nitrogens with one attached hydrogen (secondary N) is 1. The van der Waals surface area contributed by atoms with Crippen molar-refractivity contribution in [2.45, 2.75) is 45.6 Å². The molecule has 0 aromatic rings. The average molecular weight is 199 g/mol. The zero-order valence-corrected chi connectivity index (χ0v) is 9.88. The second-order valence-corrected chi connectivity index (χ2v) is 4.47. The van der Waals surface area contributed by atoms with Crippen LogP contribution in [0.15, 0.2) is 0 Å². The van der Waals surface area contributed by atoms with E-state index in [9.17, 15) is 0 Å². The van der Waals surface area contributed by atoms with Gasteiger partial charge >= 0.3 is 0 Å². The normalized spacial score (nSPS) is 29.4. The van der Waals surface area contributed by atoms with Crippen LogP contribution in [0.5, 0.6) is 0 Å². The molecule has 2 heteroatoms. The molecule has 1 saturated carbocycles. The van der Waals surface area contributed by atoms with E-state index < -0.39 is 0 Å². The molecule has 0 spiro atoms. The lowest BCUT2D eigenvalue weighted by Gasteiger charge is -2.23. The molecule has 1 fully saturated rings. The highest BCUT2D eigenvalue weighted by Gasteiger charge is 2.29. The van der Waals surface area contributed by atoms with E-state index in [1.807, 2.05) is 0 Å². The van der Waals surface area contributed by atoms with Gasteiger partial charge in [0.05, 0.1) is 6.61 Å². The van der Waals surface area contributed by atoms with E-state index in [4.69, 9.17) is 4.74 Å². The molecule has 1 N–H and O–H groups in total. The molecule has 0 bridgehead atoms. The summed E-state index contributed by atoms with van der Waals surface area (Å²) in [6, 6.07) is 0.585. The van der Waals surface area contributed by atoms with Crippen LogP contribution in [0.1, 0.15) is 39.5 Å². The van der Waals surface area contributed by atoms with Gasteiger partial charge in [-0.25, -0.2) is 0 Å². The second-order valence-electron chi connectivity index (χ2n) is 4.47. The van der Waals surface area contributed by atoms with Crippen LogP contribution in [0.25, 0.3) is 0 Å². The largest absolute Gasteiger partial charge is 0.383 e. The molecular weight excluding hydrogens is 174 g/mol. The van der Waals surface area contributed by atoms with Crippen molar-refractivity contribution in [3.05, 3.63) is 0 Å². The SMILES string of the molecule is CCNC(COC)C1CCC(CC)C1. The van der Waals surface area contributed by atoms with Crippen LogP contribution in [0.4, 0.5) is 0 Å². The summed E-state index contributed by atoms with van der Waals surface area (Å²) in [5.74, 6) is 1.82. The molecule has 1 aliphatic rings. The van der Waals surface area contributed by atoms with Gasteiger partial charge < -0.3 is 10.1 Å². The standard InChI is InChI=1S/C12H25NO/c1-4-10-6-7-11(8-10)12(9-14-3)13-5-2/h10-13H,4-9H2,1-3H3. The summed E-state index contributed by atoms with van der Waals surface area (Å²) in [5.41, 5.74) is 0. The van der Waals surface area contributed by atoms with Crippen molar-refractivity contribution in [1.29, 1.82) is 0 Å². The Kier molecular flexibility index (Phi) is 5.49. The van der Waals surface area contributed by atoms with Crippen LogP contribution in [0, 0.1) is 11.8 Å².